The first-order valence-corrected chi connectivity index (χ1v) is 8.61. The summed E-state index contributed by atoms with van der Waals surface area (Å²) in [7, 11) is 0. The molecule has 0 aliphatic carbocycles. The van der Waals surface area contributed by atoms with Gasteiger partial charge in [0, 0.05) is 36.6 Å². The highest BCUT2D eigenvalue weighted by Gasteiger charge is 2.43. The van der Waals surface area contributed by atoms with E-state index in [9.17, 15) is 4.79 Å². The molecule has 0 aromatic heterocycles. The van der Waals surface area contributed by atoms with Gasteiger partial charge in [-0.1, -0.05) is 35.0 Å². The average molecular weight is 351 g/mol. The minimum Gasteiger partial charge on any atom is -0.339 e. The number of hydrogen-bond acceptors (Lipinski definition) is 2. The van der Waals surface area contributed by atoms with Gasteiger partial charge in [0.05, 0.1) is 0 Å². The number of fused-ring (bicyclic) bond motifs is 1. The molecule has 3 rings (SSSR count). The zero-order chi connectivity index (χ0) is 15.0. The van der Waals surface area contributed by atoms with Crippen molar-refractivity contribution in [2.45, 2.75) is 32.2 Å². The summed E-state index contributed by atoms with van der Waals surface area (Å²) in [5.74, 6) is 1.90. The molecule has 1 amide bonds. The third-order valence-electron chi connectivity index (χ3n) is 5.17. The first kappa shape index (κ1) is 15.0. The molecule has 0 saturated carbocycles. The summed E-state index contributed by atoms with van der Waals surface area (Å²) in [6.45, 7) is 7.42. The highest BCUT2D eigenvalue weighted by molar-refractivity contribution is 9.10. The van der Waals surface area contributed by atoms with Crippen LogP contribution >= 0.6 is 15.9 Å². The van der Waals surface area contributed by atoms with E-state index in [4.69, 9.17) is 0 Å². The van der Waals surface area contributed by atoms with Crippen LogP contribution in [0.3, 0.4) is 0 Å². The first-order valence-electron chi connectivity index (χ1n) is 7.82. The number of amides is 1. The Bertz CT molecular complexity index is 516. The van der Waals surface area contributed by atoms with E-state index in [1.54, 1.807) is 0 Å². The fourth-order valence-electron chi connectivity index (χ4n) is 3.79. The summed E-state index contributed by atoms with van der Waals surface area (Å²) < 4.78 is 1.08. The molecule has 1 N–H and O–H groups in total. The number of likely N-dealkylation sites (tertiary alicyclic amines) is 1. The summed E-state index contributed by atoms with van der Waals surface area (Å²) in [6, 6.07) is 8.69. The molecule has 0 radical (unpaired) electrons. The molecule has 4 unspecified atom stereocenters. The van der Waals surface area contributed by atoms with E-state index in [1.807, 2.05) is 12.1 Å². The Morgan fingerprint density at radius 2 is 2.10 bits per heavy atom. The van der Waals surface area contributed by atoms with Crippen molar-refractivity contribution in [3.63, 3.8) is 0 Å². The zero-order valence-electron chi connectivity index (χ0n) is 12.7. The smallest absolute Gasteiger partial charge is 0.223 e. The van der Waals surface area contributed by atoms with E-state index in [-0.39, 0.29) is 5.92 Å². The largest absolute Gasteiger partial charge is 0.339 e. The fraction of sp³-hybridized carbons (Fsp3) is 0.588. The van der Waals surface area contributed by atoms with Crippen LogP contribution in [0.4, 0.5) is 0 Å². The molecule has 114 valence electrons. The standard InChI is InChI=1S/C17H23BrN2O/c1-11(13-3-5-15(18)6-4-13)7-17(21)20-10-14-8-19-9-16(14)12(20)2/h3-6,11-12,14,16,19H,7-10H2,1-2H3. The second-order valence-electron chi connectivity index (χ2n) is 6.53. The Morgan fingerprint density at radius 1 is 1.38 bits per heavy atom. The second-order valence-corrected chi connectivity index (χ2v) is 7.44. The lowest BCUT2D eigenvalue weighted by atomic mass is 9.95. The van der Waals surface area contributed by atoms with Gasteiger partial charge in [0.2, 0.25) is 5.91 Å². The first-order chi connectivity index (χ1) is 10.1. The number of hydrogen-bond donors (Lipinski definition) is 1. The Morgan fingerprint density at radius 3 is 2.76 bits per heavy atom. The van der Waals surface area contributed by atoms with Crippen LogP contribution < -0.4 is 5.32 Å². The summed E-state index contributed by atoms with van der Waals surface area (Å²) in [6.07, 6.45) is 0.610. The van der Waals surface area contributed by atoms with E-state index in [0.717, 1.165) is 24.1 Å². The Balaban J connectivity index is 1.62. The molecule has 2 aliphatic rings. The number of nitrogens with one attached hydrogen (secondary N) is 1. The normalized spacial score (nSPS) is 29.5. The van der Waals surface area contributed by atoms with E-state index < -0.39 is 0 Å². The summed E-state index contributed by atoms with van der Waals surface area (Å²) >= 11 is 3.45. The molecule has 21 heavy (non-hydrogen) atoms. The average Bonchev–Trinajstić information content (AvgIpc) is 3.03. The van der Waals surface area contributed by atoms with E-state index in [2.05, 4.69) is 52.1 Å². The third-order valence-corrected chi connectivity index (χ3v) is 5.70. The Kier molecular flexibility index (Phi) is 4.36. The lowest BCUT2D eigenvalue weighted by Crippen LogP contribution is -2.38. The van der Waals surface area contributed by atoms with Gasteiger partial charge in [-0.25, -0.2) is 0 Å². The van der Waals surface area contributed by atoms with Crippen LogP contribution in [0.2, 0.25) is 0 Å². The van der Waals surface area contributed by atoms with Gasteiger partial charge in [-0.15, -0.1) is 0 Å². The van der Waals surface area contributed by atoms with Crippen LogP contribution in [-0.2, 0) is 4.79 Å². The van der Waals surface area contributed by atoms with Gasteiger partial charge in [-0.3, -0.25) is 4.79 Å². The molecular formula is C17H23BrN2O. The number of carbonyl (C=O) groups excluding carboxylic acids is 1. The minimum absolute atomic E-state index is 0.274. The minimum atomic E-state index is 0.274. The maximum atomic E-state index is 12.6. The summed E-state index contributed by atoms with van der Waals surface area (Å²) in [5.41, 5.74) is 1.24. The van der Waals surface area contributed by atoms with Gasteiger partial charge in [0.25, 0.3) is 0 Å². The summed E-state index contributed by atoms with van der Waals surface area (Å²) in [4.78, 5) is 14.8. The van der Waals surface area contributed by atoms with Gasteiger partial charge in [-0.05, 0) is 42.4 Å². The van der Waals surface area contributed by atoms with Crippen molar-refractivity contribution >= 4 is 21.8 Å². The van der Waals surface area contributed by atoms with Crippen LogP contribution in [0.25, 0.3) is 0 Å². The number of rotatable bonds is 3. The molecule has 2 fully saturated rings. The predicted molar refractivity (Wildman–Crippen MR) is 88.2 cm³/mol. The molecule has 2 saturated heterocycles. The summed E-state index contributed by atoms with van der Waals surface area (Å²) in [5, 5.41) is 3.44. The maximum Gasteiger partial charge on any atom is 0.223 e. The van der Waals surface area contributed by atoms with Crippen LogP contribution in [0.1, 0.15) is 31.7 Å². The second kappa shape index (κ2) is 6.09. The Labute approximate surface area is 135 Å². The molecule has 4 atom stereocenters. The van der Waals surface area contributed by atoms with Crippen LogP contribution in [0.15, 0.2) is 28.7 Å². The molecule has 3 nitrogen and oxygen atoms in total. The highest BCUT2D eigenvalue weighted by atomic mass is 79.9. The number of benzene rings is 1. The number of halogens is 1. The van der Waals surface area contributed by atoms with Crippen LogP contribution in [0.5, 0.6) is 0 Å². The van der Waals surface area contributed by atoms with Crippen LogP contribution in [-0.4, -0.2) is 36.5 Å². The van der Waals surface area contributed by atoms with Gasteiger partial charge >= 0.3 is 0 Å². The predicted octanol–water partition coefficient (Wildman–Crippen LogP) is 3.01. The Hall–Kier alpha value is -0.870. The van der Waals surface area contributed by atoms with Crippen molar-refractivity contribution in [2.75, 3.05) is 19.6 Å². The third kappa shape index (κ3) is 3.02. The molecule has 2 heterocycles. The van der Waals surface area contributed by atoms with Gasteiger partial charge in [-0.2, -0.15) is 0 Å². The molecule has 0 spiro atoms. The van der Waals surface area contributed by atoms with Crippen molar-refractivity contribution in [3.8, 4) is 0 Å². The molecular weight excluding hydrogens is 328 g/mol. The molecule has 1 aromatic carbocycles. The van der Waals surface area contributed by atoms with Crippen molar-refractivity contribution in [3.05, 3.63) is 34.3 Å². The monoisotopic (exact) mass is 350 g/mol. The lowest BCUT2D eigenvalue weighted by molar-refractivity contribution is -0.132. The fourth-order valence-corrected chi connectivity index (χ4v) is 4.05. The number of carbonyl (C=O) groups is 1. The maximum absolute atomic E-state index is 12.6. The lowest BCUT2D eigenvalue weighted by Gasteiger charge is -2.26. The van der Waals surface area contributed by atoms with Gasteiger partial charge in [0.15, 0.2) is 0 Å². The molecule has 4 heteroatoms. The van der Waals surface area contributed by atoms with Crippen molar-refractivity contribution in [2.24, 2.45) is 11.8 Å². The van der Waals surface area contributed by atoms with Gasteiger partial charge in [0.1, 0.15) is 0 Å². The topological polar surface area (TPSA) is 32.3 Å². The van der Waals surface area contributed by atoms with E-state index in [0.29, 0.717) is 30.2 Å². The SMILES string of the molecule is CC(CC(=O)N1CC2CNCC2C1C)c1ccc(Br)cc1. The number of nitrogens with zero attached hydrogens (tertiary/aromatic N) is 1. The van der Waals surface area contributed by atoms with Gasteiger partial charge < -0.3 is 10.2 Å². The molecule has 2 aliphatic heterocycles. The van der Waals surface area contributed by atoms with Crippen LogP contribution in [0, 0.1) is 11.8 Å². The van der Waals surface area contributed by atoms with Crippen molar-refractivity contribution < 1.29 is 4.79 Å². The highest BCUT2D eigenvalue weighted by Crippen LogP contribution is 2.33. The molecule has 0 bridgehead atoms. The molecule has 1 aromatic rings. The zero-order valence-corrected chi connectivity index (χ0v) is 14.3. The van der Waals surface area contributed by atoms with E-state index in [1.165, 1.54) is 5.56 Å². The van der Waals surface area contributed by atoms with Crippen molar-refractivity contribution in [1.29, 1.82) is 0 Å². The quantitative estimate of drug-likeness (QED) is 0.908. The van der Waals surface area contributed by atoms with Crippen molar-refractivity contribution in [1.82, 2.24) is 10.2 Å². The van der Waals surface area contributed by atoms with E-state index >= 15 is 0 Å².